The number of hydrogen-bond acceptors (Lipinski definition) is 3. The fourth-order valence-corrected chi connectivity index (χ4v) is 7.50. The van der Waals surface area contributed by atoms with Crippen molar-refractivity contribution in [1.82, 2.24) is 15.0 Å². The first-order valence-corrected chi connectivity index (χ1v) is 17.6. The first-order valence-electron chi connectivity index (χ1n) is 17.6. The molecule has 0 atom stereocenters. The number of fused-ring (bicyclic) bond motifs is 6. The van der Waals surface area contributed by atoms with E-state index in [0.717, 1.165) is 66.6 Å². The molecule has 0 amide bonds. The van der Waals surface area contributed by atoms with Crippen LogP contribution in [0.1, 0.15) is 0 Å². The number of rotatable bonds is 5. The van der Waals surface area contributed by atoms with Crippen LogP contribution >= 0.6 is 0 Å². The Morgan fingerprint density at radius 1 is 0.269 bits per heavy atom. The van der Waals surface area contributed by atoms with Crippen LogP contribution in [0.3, 0.4) is 0 Å². The molecule has 0 aliphatic rings. The van der Waals surface area contributed by atoms with Gasteiger partial charge in [0.1, 0.15) is 0 Å². The molecule has 3 nitrogen and oxygen atoms in total. The van der Waals surface area contributed by atoms with E-state index in [1.165, 1.54) is 27.1 Å². The number of benzene rings is 8. The van der Waals surface area contributed by atoms with E-state index in [1.54, 1.807) is 0 Å². The minimum Gasteiger partial charge on any atom is -0.247 e. The molecule has 0 aliphatic carbocycles. The van der Waals surface area contributed by atoms with Crippen molar-refractivity contribution in [2.45, 2.75) is 0 Å². The topological polar surface area (TPSA) is 38.7 Å². The lowest BCUT2D eigenvalue weighted by molar-refractivity contribution is 1.23. The van der Waals surface area contributed by atoms with Gasteiger partial charge in [0.05, 0.1) is 22.4 Å². The van der Waals surface area contributed by atoms with E-state index in [4.69, 9.17) is 15.0 Å². The maximum absolute atomic E-state index is 5.22. The Morgan fingerprint density at radius 2 is 0.808 bits per heavy atom. The minimum atomic E-state index is 0.705. The summed E-state index contributed by atoms with van der Waals surface area (Å²) in [5.41, 5.74) is 11.5. The highest BCUT2D eigenvalue weighted by molar-refractivity contribution is 6.22. The molecule has 0 fully saturated rings. The van der Waals surface area contributed by atoms with E-state index < -0.39 is 0 Å². The van der Waals surface area contributed by atoms with Crippen LogP contribution in [0.15, 0.2) is 188 Å². The SMILES string of the molecule is c1ccc(-c2cccc(-c3nc(-c4cccc(-c5ccc(-c6nc7ccccc7c7c6ccc6ccccc67)cc5)c4)nc4ccccc34)c2)cc1. The Labute approximate surface area is 301 Å². The van der Waals surface area contributed by atoms with Gasteiger partial charge in [-0.1, -0.05) is 164 Å². The summed E-state index contributed by atoms with van der Waals surface area (Å²) in [6.45, 7) is 0. The van der Waals surface area contributed by atoms with Gasteiger partial charge in [0.15, 0.2) is 5.82 Å². The third kappa shape index (κ3) is 5.19. The molecule has 242 valence electrons. The Kier molecular flexibility index (Phi) is 7.14. The van der Waals surface area contributed by atoms with E-state index in [1.807, 2.05) is 12.1 Å². The van der Waals surface area contributed by atoms with E-state index >= 15 is 0 Å². The molecule has 0 bridgehead atoms. The molecule has 10 aromatic rings. The van der Waals surface area contributed by atoms with E-state index in [0.29, 0.717) is 5.82 Å². The van der Waals surface area contributed by atoms with Crippen LogP contribution in [0.2, 0.25) is 0 Å². The van der Waals surface area contributed by atoms with Crippen molar-refractivity contribution in [2.75, 3.05) is 0 Å². The molecular weight excluding hydrogens is 631 g/mol. The number of nitrogens with zero attached hydrogens (tertiary/aromatic N) is 3. The summed E-state index contributed by atoms with van der Waals surface area (Å²) in [7, 11) is 0. The quantitative estimate of drug-likeness (QED) is 0.172. The van der Waals surface area contributed by atoms with Crippen molar-refractivity contribution >= 4 is 43.4 Å². The molecule has 2 aromatic heterocycles. The fourth-order valence-electron chi connectivity index (χ4n) is 7.50. The Balaban J connectivity index is 1.05. The highest BCUT2D eigenvalue weighted by atomic mass is 14.9. The molecule has 10 rings (SSSR count). The maximum Gasteiger partial charge on any atom is 0.160 e. The maximum atomic E-state index is 5.22. The smallest absolute Gasteiger partial charge is 0.160 e. The van der Waals surface area contributed by atoms with Crippen molar-refractivity contribution in [1.29, 1.82) is 0 Å². The predicted octanol–water partition coefficient (Wildman–Crippen LogP) is 12.8. The van der Waals surface area contributed by atoms with Gasteiger partial charge in [0.25, 0.3) is 0 Å². The van der Waals surface area contributed by atoms with E-state index in [-0.39, 0.29) is 0 Å². The molecule has 0 radical (unpaired) electrons. The first-order chi connectivity index (χ1) is 25.8. The standard InChI is InChI=1S/C49H31N3/c1-2-12-32(13-3-1)36-15-10-17-38(30-36)48-42-21-7-9-23-45(42)51-49(52-48)39-18-11-16-37(31-39)33-24-26-35(27-25-33)47-43-29-28-34-14-4-5-19-40(34)46(43)41-20-6-8-22-44(41)50-47/h1-31H. The Bertz CT molecular complexity index is 2930. The van der Waals surface area contributed by atoms with Crippen molar-refractivity contribution < 1.29 is 0 Å². The molecule has 2 heterocycles. The third-order valence-electron chi connectivity index (χ3n) is 10.0. The number of pyridine rings is 1. The highest BCUT2D eigenvalue weighted by Crippen LogP contribution is 2.38. The van der Waals surface area contributed by atoms with Crippen molar-refractivity contribution in [2.24, 2.45) is 0 Å². The monoisotopic (exact) mass is 661 g/mol. The van der Waals surface area contributed by atoms with Gasteiger partial charge in [0, 0.05) is 38.2 Å². The van der Waals surface area contributed by atoms with Crippen LogP contribution in [-0.2, 0) is 0 Å². The van der Waals surface area contributed by atoms with Gasteiger partial charge in [-0.2, -0.15) is 0 Å². The van der Waals surface area contributed by atoms with Crippen molar-refractivity contribution in [3.63, 3.8) is 0 Å². The second-order valence-electron chi connectivity index (χ2n) is 13.2. The average molecular weight is 662 g/mol. The molecule has 0 saturated carbocycles. The van der Waals surface area contributed by atoms with Crippen molar-refractivity contribution in [3.05, 3.63) is 188 Å². The first kappa shape index (κ1) is 29.9. The third-order valence-corrected chi connectivity index (χ3v) is 10.0. The van der Waals surface area contributed by atoms with Crippen LogP contribution < -0.4 is 0 Å². The molecule has 0 saturated heterocycles. The molecule has 0 spiro atoms. The van der Waals surface area contributed by atoms with Gasteiger partial charge in [-0.05, 0) is 57.3 Å². The molecule has 3 heteroatoms. The fraction of sp³-hybridized carbons (Fsp3) is 0. The number of hydrogen-bond donors (Lipinski definition) is 0. The van der Waals surface area contributed by atoms with Crippen LogP contribution in [0, 0.1) is 0 Å². The molecule has 0 unspecified atom stereocenters. The molecule has 52 heavy (non-hydrogen) atoms. The van der Waals surface area contributed by atoms with Gasteiger partial charge in [-0.15, -0.1) is 0 Å². The largest absolute Gasteiger partial charge is 0.247 e. The second-order valence-corrected chi connectivity index (χ2v) is 13.2. The minimum absolute atomic E-state index is 0.705. The zero-order valence-corrected chi connectivity index (χ0v) is 28.2. The molecule has 8 aromatic carbocycles. The van der Waals surface area contributed by atoms with Gasteiger partial charge in [-0.25, -0.2) is 15.0 Å². The molecular formula is C49H31N3. The summed E-state index contributed by atoms with van der Waals surface area (Å²) >= 11 is 0. The summed E-state index contributed by atoms with van der Waals surface area (Å²) in [4.78, 5) is 15.5. The van der Waals surface area contributed by atoms with E-state index in [2.05, 4.69) is 176 Å². The summed E-state index contributed by atoms with van der Waals surface area (Å²) < 4.78 is 0. The van der Waals surface area contributed by atoms with Gasteiger partial charge in [0.2, 0.25) is 0 Å². The summed E-state index contributed by atoms with van der Waals surface area (Å²) in [5.74, 6) is 0.705. The predicted molar refractivity (Wildman–Crippen MR) is 217 cm³/mol. The summed E-state index contributed by atoms with van der Waals surface area (Å²) in [5, 5.41) is 7.09. The Hall–Kier alpha value is -6.97. The zero-order valence-electron chi connectivity index (χ0n) is 28.2. The Morgan fingerprint density at radius 3 is 1.60 bits per heavy atom. The number of aromatic nitrogens is 3. The van der Waals surface area contributed by atoms with Crippen LogP contribution in [-0.4, -0.2) is 15.0 Å². The molecule has 0 aliphatic heterocycles. The molecule has 0 N–H and O–H groups in total. The average Bonchev–Trinajstić information content (AvgIpc) is 3.23. The lowest BCUT2D eigenvalue weighted by atomic mass is 9.94. The van der Waals surface area contributed by atoms with Crippen LogP contribution in [0.5, 0.6) is 0 Å². The number of para-hydroxylation sites is 2. The van der Waals surface area contributed by atoms with Gasteiger partial charge < -0.3 is 0 Å². The van der Waals surface area contributed by atoms with Crippen LogP contribution in [0.25, 0.3) is 99.5 Å². The zero-order chi connectivity index (χ0) is 34.4. The van der Waals surface area contributed by atoms with E-state index in [9.17, 15) is 0 Å². The highest BCUT2D eigenvalue weighted by Gasteiger charge is 2.15. The lowest BCUT2D eigenvalue weighted by Crippen LogP contribution is -1.95. The normalized spacial score (nSPS) is 11.5. The second kappa shape index (κ2) is 12.4. The van der Waals surface area contributed by atoms with Gasteiger partial charge >= 0.3 is 0 Å². The summed E-state index contributed by atoms with van der Waals surface area (Å²) in [6.07, 6.45) is 0. The lowest BCUT2D eigenvalue weighted by Gasteiger charge is -2.13. The van der Waals surface area contributed by atoms with Crippen molar-refractivity contribution in [3.8, 4) is 56.2 Å². The van der Waals surface area contributed by atoms with Gasteiger partial charge in [-0.3, -0.25) is 0 Å². The van der Waals surface area contributed by atoms with Crippen LogP contribution in [0.4, 0.5) is 0 Å². The summed E-state index contributed by atoms with van der Waals surface area (Å²) in [6, 6.07) is 66.2.